The maximum Gasteiger partial charge on any atom is 0.257 e. The van der Waals surface area contributed by atoms with Crippen molar-refractivity contribution in [1.29, 1.82) is 0 Å². The van der Waals surface area contributed by atoms with Crippen LogP contribution < -0.4 is 4.74 Å². The van der Waals surface area contributed by atoms with E-state index >= 15 is 0 Å². The summed E-state index contributed by atoms with van der Waals surface area (Å²) in [5.74, 6) is 1.00. The molecule has 0 aliphatic heterocycles. The summed E-state index contributed by atoms with van der Waals surface area (Å²) in [5, 5.41) is 4.47. The molecule has 0 atom stereocenters. The second-order valence-corrected chi connectivity index (χ2v) is 7.70. The molecular formula is C25H34N6O3. The number of rotatable bonds is 12. The fourth-order valence-electron chi connectivity index (χ4n) is 3.83. The molecule has 3 aromatic rings. The molecular weight excluding hydrogens is 432 g/mol. The molecule has 0 fully saturated rings. The monoisotopic (exact) mass is 466 g/mol. The number of carbonyl (C=O) groups excluding carboxylic acids is 1. The Morgan fingerprint density at radius 1 is 1.03 bits per heavy atom. The van der Waals surface area contributed by atoms with Gasteiger partial charge in [0.15, 0.2) is 0 Å². The molecule has 34 heavy (non-hydrogen) atoms. The summed E-state index contributed by atoms with van der Waals surface area (Å²) < 4.78 is 12.5. The smallest absolute Gasteiger partial charge is 0.257 e. The summed E-state index contributed by atoms with van der Waals surface area (Å²) in [6, 6.07) is 9.48. The van der Waals surface area contributed by atoms with Crippen LogP contribution in [0.1, 0.15) is 36.8 Å². The molecule has 182 valence electrons. The van der Waals surface area contributed by atoms with E-state index < -0.39 is 0 Å². The standard InChI is InChI=1S/C25H34N6O3/c1-6-29(7-2)15-16-30(8-3)24(32)20-17-27-31(22(20)18-33-4)25-26-14-13-21(28-25)19-11-9-10-12-23(19)34-5/h9-14,17H,6-8,15-16,18H2,1-5H3. The molecule has 0 unspecified atom stereocenters. The van der Waals surface area contributed by atoms with Gasteiger partial charge >= 0.3 is 0 Å². The third-order valence-corrected chi connectivity index (χ3v) is 5.85. The van der Waals surface area contributed by atoms with Gasteiger partial charge in [-0.25, -0.2) is 9.97 Å². The normalized spacial score (nSPS) is 11.1. The molecule has 0 aliphatic rings. The third-order valence-electron chi connectivity index (χ3n) is 5.85. The maximum atomic E-state index is 13.4. The largest absolute Gasteiger partial charge is 0.496 e. The predicted octanol–water partition coefficient (Wildman–Crippen LogP) is 3.29. The highest BCUT2D eigenvalue weighted by molar-refractivity contribution is 5.95. The van der Waals surface area contributed by atoms with E-state index in [4.69, 9.17) is 14.5 Å². The number of hydrogen-bond acceptors (Lipinski definition) is 7. The minimum atomic E-state index is -0.0751. The lowest BCUT2D eigenvalue weighted by Crippen LogP contribution is -2.38. The van der Waals surface area contributed by atoms with Gasteiger partial charge < -0.3 is 19.3 Å². The highest BCUT2D eigenvalue weighted by atomic mass is 16.5. The number of benzene rings is 1. The van der Waals surface area contributed by atoms with Crippen molar-refractivity contribution in [3.63, 3.8) is 0 Å². The lowest BCUT2D eigenvalue weighted by molar-refractivity contribution is 0.0741. The third kappa shape index (κ3) is 5.60. The summed E-state index contributed by atoms with van der Waals surface area (Å²) in [4.78, 5) is 26.7. The van der Waals surface area contributed by atoms with Crippen molar-refractivity contribution >= 4 is 5.91 Å². The molecule has 1 amide bonds. The SMILES string of the molecule is CCN(CC)CCN(CC)C(=O)c1cnn(-c2nccc(-c3ccccc3OC)n2)c1COC. The first-order valence-corrected chi connectivity index (χ1v) is 11.6. The number of hydrogen-bond donors (Lipinski definition) is 0. The van der Waals surface area contributed by atoms with Crippen LogP contribution in [-0.2, 0) is 11.3 Å². The highest BCUT2D eigenvalue weighted by Crippen LogP contribution is 2.28. The van der Waals surface area contributed by atoms with E-state index in [1.165, 1.54) is 0 Å². The van der Waals surface area contributed by atoms with Gasteiger partial charge in [0.05, 0.1) is 36.9 Å². The van der Waals surface area contributed by atoms with Gasteiger partial charge in [0.25, 0.3) is 11.9 Å². The summed E-state index contributed by atoms with van der Waals surface area (Å²) in [7, 11) is 3.22. The molecule has 3 rings (SSSR count). The summed E-state index contributed by atoms with van der Waals surface area (Å²) in [6.45, 7) is 10.4. The molecule has 0 saturated carbocycles. The van der Waals surface area contributed by atoms with Gasteiger partial charge in [0.1, 0.15) is 5.75 Å². The van der Waals surface area contributed by atoms with Crippen LogP contribution in [0.3, 0.4) is 0 Å². The predicted molar refractivity (Wildman–Crippen MR) is 131 cm³/mol. The second-order valence-electron chi connectivity index (χ2n) is 7.70. The van der Waals surface area contributed by atoms with E-state index in [0.29, 0.717) is 41.7 Å². The van der Waals surface area contributed by atoms with Crippen molar-refractivity contribution in [2.45, 2.75) is 27.4 Å². The van der Waals surface area contributed by atoms with E-state index in [2.05, 4.69) is 28.8 Å². The number of para-hydroxylation sites is 1. The molecule has 0 N–H and O–H groups in total. The maximum absolute atomic E-state index is 13.4. The van der Waals surface area contributed by atoms with Gasteiger partial charge in [0.2, 0.25) is 0 Å². The molecule has 0 saturated heterocycles. The van der Waals surface area contributed by atoms with Gasteiger partial charge in [-0.05, 0) is 38.2 Å². The minimum absolute atomic E-state index is 0.0751. The Bertz CT molecular complexity index is 1080. The molecule has 0 bridgehead atoms. The van der Waals surface area contributed by atoms with Crippen molar-refractivity contribution in [2.24, 2.45) is 0 Å². The van der Waals surface area contributed by atoms with Crippen LogP contribution >= 0.6 is 0 Å². The number of aromatic nitrogens is 4. The Morgan fingerprint density at radius 2 is 1.79 bits per heavy atom. The fourth-order valence-corrected chi connectivity index (χ4v) is 3.83. The molecule has 2 aromatic heterocycles. The number of ether oxygens (including phenoxy) is 2. The second kappa shape index (κ2) is 12.2. The summed E-state index contributed by atoms with van der Waals surface area (Å²) >= 11 is 0. The molecule has 1 aromatic carbocycles. The van der Waals surface area contributed by atoms with Gasteiger partial charge in [-0.3, -0.25) is 4.79 Å². The van der Waals surface area contributed by atoms with E-state index in [1.807, 2.05) is 42.2 Å². The van der Waals surface area contributed by atoms with Crippen molar-refractivity contribution in [3.05, 3.63) is 54.0 Å². The Balaban J connectivity index is 1.94. The number of nitrogens with zero attached hydrogens (tertiary/aromatic N) is 6. The summed E-state index contributed by atoms with van der Waals surface area (Å²) in [6.07, 6.45) is 3.25. The van der Waals surface area contributed by atoms with Crippen LogP contribution in [0.25, 0.3) is 17.2 Å². The summed E-state index contributed by atoms with van der Waals surface area (Å²) in [5.41, 5.74) is 2.66. The van der Waals surface area contributed by atoms with Crippen molar-refractivity contribution in [1.82, 2.24) is 29.5 Å². The number of amides is 1. The van der Waals surface area contributed by atoms with Gasteiger partial charge in [0, 0.05) is 38.5 Å². The Hall–Kier alpha value is -3.30. The van der Waals surface area contributed by atoms with Crippen LogP contribution in [0.15, 0.2) is 42.7 Å². The lowest BCUT2D eigenvalue weighted by Gasteiger charge is -2.25. The van der Waals surface area contributed by atoms with E-state index in [1.54, 1.807) is 31.3 Å². The zero-order chi connectivity index (χ0) is 24.5. The topological polar surface area (TPSA) is 85.6 Å². The van der Waals surface area contributed by atoms with Gasteiger partial charge in [-0.1, -0.05) is 26.0 Å². The molecule has 0 spiro atoms. The first kappa shape index (κ1) is 25.3. The zero-order valence-corrected chi connectivity index (χ0v) is 20.7. The quantitative estimate of drug-likeness (QED) is 0.405. The average Bonchev–Trinajstić information content (AvgIpc) is 3.30. The molecule has 9 nitrogen and oxygen atoms in total. The first-order chi connectivity index (χ1) is 16.6. The van der Waals surface area contributed by atoms with Crippen LogP contribution in [0.5, 0.6) is 5.75 Å². The van der Waals surface area contributed by atoms with Crippen molar-refractivity contribution in [2.75, 3.05) is 46.9 Å². The Morgan fingerprint density at radius 3 is 2.47 bits per heavy atom. The van der Waals surface area contributed by atoms with Crippen LogP contribution in [0.4, 0.5) is 0 Å². The van der Waals surface area contributed by atoms with E-state index in [0.717, 1.165) is 25.2 Å². The molecule has 0 radical (unpaired) electrons. The zero-order valence-electron chi connectivity index (χ0n) is 20.7. The highest BCUT2D eigenvalue weighted by Gasteiger charge is 2.24. The minimum Gasteiger partial charge on any atom is -0.496 e. The number of likely N-dealkylation sites (N-methyl/N-ethyl adjacent to an activating group) is 2. The fraction of sp³-hybridized carbons (Fsp3) is 0.440. The van der Waals surface area contributed by atoms with Crippen LogP contribution in [0.2, 0.25) is 0 Å². The van der Waals surface area contributed by atoms with Crippen LogP contribution in [0, 0.1) is 0 Å². The van der Waals surface area contributed by atoms with Gasteiger partial charge in [-0.2, -0.15) is 9.78 Å². The van der Waals surface area contributed by atoms with E-state index in [-0.39, 0.29) is 12.5 Å². The van der Waals surface area contributed by atoms with Gasteiger partial charge in [-0.15, -0.1) is 0 Å². The molecule has 0 aliphatic carbocycles. The van der Waals surface area contributed by atoms with Crippen molar-refractivity contribution < 1.29 is 14.3 Å². The number of carbonyl (C=O) groups is 1. The van der Waals surface area contributed by atoms with Crippen LogP contribution in [-0.4, -0.2) is 82.4 Å². The average molecular weight is 467 g/mol. The number of methoxy groups -OCH3 is 2. The molecule has 2 heterocycles. The van der Waals surface area contributed by atoms with E-state index in [9.17, 15) is 4.79 Å². The lowest BCUT2D eigenvalue weighted by atomic mass is 10.1. The Labute approximate surface area is 201 Å². The van der Waals surface area contributed by atoms with Crippen molar-refractivity contribution in [3.8, 4) is 23.0 Å². The molecule has 9 heteroatoms. The Kier molecular flexibility index (Phi) is 9.12. The first-order valence-electron chi connectivity index (χ1n) is 11.6.